The standard InChI is InChI=1S/C28H30N6O5S/c1-19(2)13-15-34(22-9-7-21(8-10-22)31-27(36)30-18-20-6-5-14-29-17-20)40(38,39)23-11-12-25-24(16-23)26(35)33(4)28(37)32(25)3/h5-14,16-17H,15,18H2,1-4H3,(H2,30,31,36). The van der Waals surface area contributed by atoms with E-state index >= 15 is 0 Å². The number of urea groups is 1. The number of aromatic nitrogens is 3. The predicted molar refractivity (Wildman–Crippen MR) is 155 cm³/mol. The fourth-order valence-corrected chi connectivity index (χ4v) is 5.47. The zero-order valence-corrected chi connectivity index (χ0v) is 23.4. The minimum atomic E-state index is -4.12. The van der Waals surface area contributed by atoms with Crippen molar-refractivity contribution in [3.63, 3.8) is 0 Å². The molecule has 4 aromatic rings. The Hall–Kier alpha value is -4.71. The average molecular weight is 563 g/mol. The summed E-state index contributed by atoms with van der Waals surface area (Å²) in [6.07, 6.45) is 5.08. The molecule has 0 radical (unpaired) electrons. The van der Waals surface area contributed by atoms with Gasteiger partial charge in [-0.15, -0.1) is 0 Å². The molecule has 0 bridgehead atoms. The third kappa shape index (κ3) is 5.96. The number of carbonyl (C=O) groups is 1. The Bertz CT molecular complexity index is 1810. The molecule has 0 aliphatic rings. The van der Waals surface area contributed by atoms with Gasteiger partial charge in [-0.25, -0.2) is 18.0 Å². The van der Waals surface area contributed by atoms with Gasteiger partial charge >= 0.3 is 11.7 Å². The molecule has 0 atom stereocenters. The maximum absolute atomic E-state index is 13.9. The number of rotatable bonds is 8. The van der Waals surface area contributed by atoms with E-state index in [1.807, 2.05) is 19.9 Å². The van der Waals surface area contributed by atoms with E-state index in [-0.39, 0.29) is 16.8 Å². The minimum absolute atomic E-state index is 0.0480. The predicted octanol–water partition coefficient (Wildman–Crippen LogP) is 3.12. The van der Waals surface area contributed by atoms with E-state index in [1.54, 1.807) is 48.8 Å². The van der Waals surface area contributed by atoms with Crippen LogP contribution in [-0.4, -0.2) is 35.1 Å². The highest BCUT2D eigenvalue weighted by molar-refractivity contribution is 7.92. The zero-order valence-electron chi connectivity index (χ0n) is 22.6. The van der Waals surface area contributed by atoms with E-state index in [2.05, 4.69) is 15.6 Å². The number of fused-ring (bicyclic) bond motifs is 1. The minimum Gasteiger partial charge on any atom is -0.334 e. The van der Waals surface area contributed by atoms with Crippen LogP contribution < -0.4 is 26.2 Å². The molecule has 0 saturated carbocycles. The van der Waals surface area contributed by atoms with Gasteiger partial charge in [0.1, 0.15) is 0 Å². The van der Waals surface area contributed by atoms with Crippen molar-refractivity contribution in [2.75, 3.05) is 16.2 Å². The Labute approximate surface area is 231 Å². The van der Waals surface area contributed by atoms with E-state index in [0.29, 0.717) is 23.4 Å². The highest BCUT2D eigenvalue weighted by Crippen LogP contribution is 2.27. The van der Waals surface area contributed by atoms with Gasteiger partial charge in [-0.1, -0.05) is 17.7 Å². The summed E-state index contributed by atoms with van der Waals surface area (Å²) in [5.74, 6) is 0. The summed E-state index contributed by atoms with van der Waals surface area (Å²) in [6.45, 7) is 4.08. The maximum atomic E-state index is 13.9. The van der Waals surface area contributed by atoms with Crippen LogP contribution in [0.3, 0.4) is 0 Å². The maximum Gasteiger partial charge on any atom is 0.330 e. The highest BCUT2D eigenvalue weighted by atomic mass is 32.2. The second-order valence-electron chi connectivity index (χ2n) is 9.42. The molecule has 2 heterocycles. The number of pyridine rings is 1. The molecule has 11 nitrogen and oxygen atoms in total. The van der Waals surface area contributed by atoms with E-state index in [1.165, 1.54) is 41.2 Å². The topological polar surface area (TPSA) is 135 Å². The van der Waals surface area contributed by atoms with Crippen molar-refractivity contribution in [2.45, 2.75) is 25.3 Å². The van der Waals surface area contributed by atoms with Crippen molar-refractivity contribution < 1.29 is 13.2 Å². The SMILES string of the molecule is CC(C)=CCN(c1ccc(NC(=O)NCc2cccnc2)cc1)S(=O)(=O)c1ccc2c(c1)c(=O)n(C)c(=O)n2C. The molecular weight excluding hydrogens is 532 g/mol. The van der Waals surface area contributed by atoms with Crippen molar-refractivity contribution in [1.82, 2.24) is 19.4 Å². The van der Waals surface area contributed by atoms with Crippen LogP contribution >= 0.6 is 0 Å². The number of amides is 2. The first kappa shape index (κ1) is 28.3. The summed E-state index contributed by atoms with van der Waals surface area (Å²) < 4.78 is 31.2. The lowest BCUT2D eigenvalue weighted by atomic mass is 10.2. The number of aryl methyl sites for hydroxylation is 1. The summed E-state index contributed by atoms with van der Waals surface area (Å²) >= 11 is 0. The number of nitrogens with zero attached hydrogens (tertiary/aromatic N) is 4. The number of carbonyl (C=O) groups excluding carboxylic acids is 1. The van der Waals surface area contributed by atoms with Crippen molar-refractivity contribution >= 4 is 38.3 Å². The summed E-state index contributed by atoms with van der Waals surface area (Å²) in [4.78, 5) is 41.3. The van der Waals surface area contributed by atoms with Gasteiger partial charge < -0.3 is 10.6 Å². The zero-order chi connectivity index (χ0) is 29.0. The second kappa shape index (κ2) is 11.6. The molecule has 2 amide bonds. The third-order valence-corrected chi connectivity index (χ3v) is 8.07. The Morgan fingerprint density at radius 2 is 1.75 bits per heavy atom. The molecule has 0 spiro atoms. The lowest BCUT2D eigenvalue weighted by molar-refractivity contribution is 0.251. The molecule has 2 aromatic carbocycles. The summed E-state index contributed by atoms with van der Waals surface area (Å²) in [5, 5.41) is 5.58. The lowest BCUT2D eigenvalue weighted by Gasteiger charge is -2.24. The Morgan fingerprint density at radius 1 is 1.02 bits per heavy atom. The van der Waals surface area contributed by atoms with Crippen LogP contribution in [0.15, 0.2) is 93.1 Å². The number of sulfonamides is 1. The largest absolute Gasteiger partial charge is 0.334 e. The van der Waals surface area contributed by atoms with Gasteiger partial charge in [0.2, 0.25) is 0 Å². The molecule has 40 heavy (non-hydrogen) atoms. The molecule has 4 rings (SSSR count). The quantitative estimate of drug-likeness (QED) is 0.317. The van der Waals surface area contributed by atoms with Gasteiger partial charge in [0, 0.05) is 38.7 Å². The summed E-state index contributed by atoms with van der Waals surface area (Å²) in [6, 6.07) is 13.7. The number of hydrogen-bond acceptors (Lipinski definition) is 6. The smallest absolute Gasteiger partial charge is 0.330 e. The van der Waals surface area contributed by atoms with Crippen molar-refractivity contribution in [1.29, 1.82) is 0 Å². The second-order valence-corrected chi connectivity index (χ2v) is 11.3. The molecule has 2 N–H and O–H groups in total. The van der Waals surface area contributed by atoms with Gasteiger partial charge in [0.25, 0.3) is 15.6 Å². The van der Waals surface area contributed by atoms with E-state index < -0.39 is 27.3 Å². The molecule has 0 unspecified atom stereocenters. The van der Waals surface area contributed by atoms with Crippen LogP contribution in [0.25, 0.3) is 10.9 Å². The average Bonchev–Trinajstić information content (AvgIpc) is 2.94. The van der Waals surface area contributed by atoms with Crippen LogP contribution in [0.5, 0.6) is 0 Å². The molecule has 208 valence electrons. The molecular formula is C28H30N6O5S. The molecule has 12 heteroatoms. The highest BCUT2D eigenvalue weighted by Gasteiger charge is 2.25. The van der Waals surface area contributed by atoms with Crippen LogP contribution in [-0.2, 0) is 30.7 Å². The number of benzene rings is 2. The summed E-state index contributed by atoms with van der Waals surface area (Å²) in [5.41, 5.74) is 1.86. The van der Waals surface area contributed by atoms with Crippen molar-refractivity contribution in [3.05, 3.63) is 105 Å². The van der Waals surface area contributed by atoms with Crippen molar-refractivity contribution in [2.24, 2.45) is 14.1 Å². The fraction of sp³-hybridized carbons (Fsp3) is 0.214. The number of hydrogen-bond donors (Lipinski definition) is 2. The Kier molecular flexibility index (Phi) is 8.19. The molecule has 0 aliphatic carbocycles. The van der Waals surface area contributed by atoms with Gasteiger partial charge in [-0.05, 0) is 67.9 Å². The van der Waals surface area contributed by atoms with Crippen molar-refractivity contribution in [3.8, 4) is 0 Å². The first-order valence-electron chi connectivity index (χ1n) is 12.4. The summed E-state index contributed by atoms with van der Waals surface area (Å²) in [7, 11) is -1.25. The Balaban J connectivity index is 1.63. The fourth-order valence-electron chi connectivity index (χ4n) is 4.04. The number of anilines is 2. The van der Waals surface area contributed by atoms with Gasteiger partial charge in [0.05, 0.1) is 28.0 Å². The molecule has 0 saturated heterocycles. The normalized spacial score (nSPS) is 11.2. The monoisotopic (exact) mass is 562 g/mol. The third-order valence-electron chi connectivity index (χ3n) is 6.28. The van der Waals surface area contributed by atoms with Crippen LogP contribution in [0.2, 0.25) is 0 Å². The van der Waals surface area contributed by atoms with Crippen LogP contribution in [0.4, 0.5) is 16.2 Å². The first-order valence-corrected chi connectivity index (χ1v) is 13.8. The van der Waals surface area contributed by atoms with E-state index in [0.717, 1.165) is 15.7 Å². The van der Waals surface area contributed by atoms with Crippen LogP contribution in [0, 0.1) is 0 Å². The van der Waals surface area contributed by atoms with Gasteiger partial charge in [0.15, 0.2) is 0 Å². The first-order chi connectivity index (χ1) is 19.0. The molecule has 0 aliphatic heterocycles. The van der Waals surface area contributed by atoms with Gasteiger partial charge in [-0.3, -0.25) is 23.2 Å². The Morgan fingerprint density at radius 3 is 2.40 bits per heavy atom. The number of allylic oxidation sites excluding steroid dienone is 1. The number of nitrogens with one attached hydrogen (secondary N) is 2. The molecule has 2 aromatic heterocycles. The van der Waals surface area contributed by atoms with E-state index in [9.17, 15) is 22.8 Å². The van der Waals surface area contributed by atoms with Crippen LogP contribution in [0.1, 0.15) is 19.4 Å². The van der Waals surface area contributed by atoms with E-state index in [4.69, 9.17) is 0 Å². The van der Waals surface area contributed by atoms with Gasteiger partial charge in [-0.2, -0.15) is 0 Å². The molecule has 0 fully saturated rings. The lowest BCUT2D eigenvalue weighted by Crippen LogP contribution is -2.37.